The third-order valence-corrected chi connectivity index (χ3v) is 8.48. The van der Waals surface area contributed by atoms with Gasteiger partial charge in [-0.15, -0.1) is 0 Å². The van der Waals surface area contributed by atoms with Crippen molar-refractivity contribution in [3.63, 3.8) is 0 Å². The van der Waals surface area contributed by atoms with Crippen LogP contribution in [-0.4, -0.2) is 93.5 Å². The van der Waals surface area contributed by atoms with Crippen LogP contribution in [0.1, 0.15) is 34.8 Å². The summed E-state index contributed by atoms with van der Waals surface area (Å²) in [6, 6.07) is 15.0. The zero-order chi connectivity index (χ0) is 26.8. The molecule has 0 bridgehead atoms. The second kappa shape index (κ2) is 11.3. The fraction of sp³-hybridized carbons (Fsp3) is 0.286. The van der Waals surface area contributed by atoms with Crippen molar-refractivity contribution in [2.75, 3.05) is 27.2 Å². The van der Waals surface area contributed by atoms with Crippen molar-refractivity contribution in [1.29, 1.82) is 0 Å². The van der Waals surface area contributed by atoms with E-state index >= 15 is 0 Å². The molecule has 2 atom stereocenters. The van der Waals surface area contributed by atoms with E-state index in [1.165, 1.54) is 11.0 Å². The number of aromatic nitrogens is 3. The zero-order valence-corrected chi connectivity index (χ0v) is 25.8. The predicted octanol–water partition coefficient (Wildman–Crippen LogP) is 3.19. The quantitative estimate of drug-likeness (QED) is 0.312. The van der Waals surface area contributed by atoms with Crippen molar-refractivity contribution in [1.82, 2.24) is 27.7 Å². The van der Waals surface area contributed by atoms with E-state index in [9.17, 15) is 14.0 Å². The average Bonchev–Trinajstić information content (AvgIpc) is 3.26. The van der Waals surface area contributed by atoms with Crippen LogP contribution in [0.5, 0.6) is 0 Å². The van der Waals surface area contributed by atoms with Gasteiger partial charge in [-0.3, -0.25) is 4.79 Å². The molecule has 192 valence electrons. The molecule has 1 fully saturated rings. The molecular weight excluding hydrogens is 676 g/mol. The fourth-order valence-electron chi connectivity index (χ4n) is 5.06. The first-order valence-electron chi connectivity index (χ1n) is 12.5. The number of fused-ring (bicyclic) bond motifs is 1. The summed E-state index contributed by atoms with van der Waals surface area (Å²) < 4.78 is 16.7. The van der Waals surface area contributed by atoms with Gasteiger partial charge < -0.3 is 4.90 Å². The van der Waals surface area contributed by atoms with Crippen molar-refractivity contribution in [2.45, 2.75) is 24.9 Å². The number of hydrogen-bond acceptors (Lipinski definition) is 5. The van der Waals surface area contributed by atoms with E-state index in [0.29, 0.717) is 50.3 Å². The topological polar surface area (TPSA) is 83.4 Å². The Morgan fingerprint density at radius 3 is 2.63 bits per heavy atom. The Bertz CT molecular complexity index is 1470. The Kier molecular flexibility index (Phi) is 7.84. The van der Waals surface area contributed by atoms with Crippen molar-refractivity contribution in [3.05, 3.63) is 83.9 Å². The standard InChI is InChI=1S/C28H29FN6O2.Tl/c1-34(2)28(37)26(21-7-3-4-8-23(21)29)35-15-5-6-20(17-35)31-27(36)19-9-10-24-22(16-19)25(33-32-24)18-11-13-30-14-12-18;/h3-4,7-14,16,20,26H,5-6,15,17H2,1-2H3,(H2,30,31,32,33,36);/q;+1/p-1/t20-,26?;/m1./s1. The molecule has 38 heavy (non-hydrogen) atoms. The number of pyridine rings is 1. The first-order chi connectivity index (χ1) is 18.3. The molecule has 0 saturated carbocycles. The number of carbonyl (C=O) groups is 2. The van der Waals surface area contributed by atoms with Gasteiger partial charge in [-0.05, 0) is 6.07 Å². The molecule has 1 aliphatic rings. The Labute approximate surface area is 236 Å². The molecular formula is C28H28FN6O2Tl. The Morgan fingerprint density at radius 2 is 1.89 bits per heavy atom. The molecule has 3 heterocycles. The third kappa shape index (κ3) is 5.35. The summed E-state index contributed by atoms with van der Waals surface area (Å²) in [5, 5.41) is 8.81. The summed E-state index contributed by atoms with van der Waals surface area (Å²) in [6.07, 6.45) is 5.04. The second-order valence-corrected chi connectivity index (χ2v) is 11.6. The Hall–Kier alpha value is -3.19. The van der Waals surface area contributed by atoms with E-state index in [1.54, 1.807) is 44.7 Å². The number of likely N-dealkylation sites (tertiary alicyclic amines) is 1. The van der Waals surface area contributed by atoms with Crippen LogP contribution in [0.4, 0.5) is 4.39 Å². The predicted molar refractivity (Wildman–Crippen MR) is 144 cm³/mol. The summed E-state index contributed by atoms with van der Waals surface area (Å²) in [5.74, 6) is -0.765. The van der Waals surface area contributed by atoms with Gasteiger partial charge in [0.2, 0.25) is 0 Å². The van der Waals surface area contributed by atoms with Crippen LogP contribution >= 0.6 is 0 Å². The first kappa shape index (κ1) is 26.4. The second-order valence-electron chi connectivity index (χ2n) is 9.73. The van der Waals surface area contributed by atoms with Crippen molar-refractivity contribution >= 4 is 48.8 Å². The molecule has 4 aromatic rings. The molecule has 5 rings (SSSR count). The molecule has 1 unspecified atom stereocenters. The van der Waals surface area contributed by atoms with Crippen LogP contribution in [0.15, 0.2) is 67.0 Å². The summed E-state index contributed by atoms with van der Waals surface area (Å²) in [4.78, 5) is 34.1. The molecule has 0 spiro atoms. The summed E-state index contributed by atoms with van der Waals surface area (Å²) in [6.45, 7) is 1.10. The average molecular weight is 704 g/mol. The van der Waals surface area contributed by atoms with E-state index in [0.717, 1.165) is 35.0 Å². The molecule has 10 heteroatoms. The van der Waals surface area contributed by atoms with E-state index in [4.69, 9.17) is 5.10 Å². The molecule has 1 saturated heterocycles. The molecule has 1 N–H and O–H groups in total. The van der Waals surface area contributed by atoms with Gasteiger partial charge in [-0.2, -0.15) is 0 Å². The van der Waals surface area contributed by atoms with Gasteiger partial charge in [-0.25, -0.2) is 4.39 Å². The molecule has 2 aromatic heterocycles. The minimum atomic E-state index is -0.745. The number of amides is 2. The van der Waals surface area contributed by atoms with Crippen LogP contribution in [-0.2, 0) is 4.79 Å². The van der Waals surface area contributed by atoms with E-state index in [1.807, 2.05) is 37.7 Å². The number of halogens is 1. The fourth-order valence-corrected chi connectivity index (χ4v) is 6.38. The third-order valence-electron chi connectivity index (χ3n) is 6.95. The summed E-state index contributed by atoms with van der Waals surface area (Å²) in [7, 11) is 3.36. The van der Waals surface area contributed by atoms with Crippen LogP contribution in [0, 0.1) is 5.82 Å². The molecule has 2 aromatic carbocycles. The van der Waals surface area contributed by atoms with E-state index < -0.39 is 11.9 Å². The number of carbonyl (C=O) groups excluding carboxylic acids is 2. The molecule has 0 aliphatic carbocycles. The molecule has 2 amide bonds. The Balaban J connectivity index is 1.37. The van der Waals surface area contributed by atoms with Gasteiger partial charge in [0.15, 0.2) is 0 Å². The Morgan fingerprint density at radius 1 is 1.13 bits per heavy atom. The van der Waals surface area contributed by atoms with Gasteiger partial charge in [-0.1, -0.05) is 18.2 Å². The SMILES string of the molecule is CN(C)C(=O)C(c1ccccc1F)N1CCC[C@@H](NC(=O)c2ccc3c(c2)c(-c2ccncc2)n[n]3[Tl])C1. The zero-order valence-electron chi connectivity index (χ0n) is 21.3. The molecule has 0 radical (unpaired) electrons. The van der Waals surface area contributed by atoms with Crippen LogP contribution in [0.2, 0.25) is 0 Å². The number of nitrogens with one attached hydrogen (secondary N) is 1. The number of rotatable bonds is 6. The van der Waals surface area contributed by atoms with Gasteiger partial charge in [0.25, 0.3) is 0 Å². The number of nitrogens with zero attached hydrogens (tertiary/aromatic N) is 5. The van der Waals surface area contributed by atoms with Crippen molar-refractivity contribution < 1.29 is 14.0 Å². The van der Waals surface area contributed by atoms with Crippen LogP contribution < -0.4 is 5.32 Å². The first-order valence-corrected chi connectivity index (χ1v) is 14.5. The van der Waals surface area contributed by atoms with Crippen molar-refractivity contribution in [3.8, 4) is 11.3 Å². The van der Waals surface area contributed by atoms with E-state index in [2.05, 4.69) is 10.3 Å². The van der Waals surface area contributed by atoms with Gasteiger partial charge in [0.05, 0.1) is 0 Å². The maximum atomic E-state index is 14.8. The van der Waals surface area contributed by atoms with Gasteiger partial charge in [0, 0.05) is 14.1 Å². The minimum absolute atomic E-state index is 0.168. The van der Waals surface area contributed by atoms with Gasteiger partial charge in [0.1, 0.15) is 5.82 Å². The maximum absolute atomic E-state index is 14.8. The van der Waals surface area contributed by atoms with Crippen LogP contribution in [0.3, 0.4) is 0 Å². The van der Waals surface area contributed by atoms with Crippen LogP contribution in [0.25, 0.3) is 22.2 Å². The monoisotopic (exact) mass is 704 g/mol. The number of hydrogen-bond donors (Lipinski definition) is 1. The van der Waals surface area contributed by atoms with Gasteiger partial charge >= 0.3 is 179 Å². The normalized spacial score (nSPS) is 16.7. The number of likely N-dealkylation sites (N-methyl/N-ethyl adjacent to an activating group) is 1. The van der Waals surface area contributed by atoms with E-state index in [-0.39, 0.29) is 17.9 Å². The molecule has 1 aliphatic heterocycles. The summed E-state index contributed by atoms with van der Waals surface area (Å²) >= 11 is 0.484. The molecule has 8 nitrogen and oxygen atoms in total. The van der Waals surface area contributed by atoms with Crippen molar-refractivity contribution in [2.24, 2.45) is 0 Å². The number of benzene rings is 2. The number of piperidine rings is 1. The summed E-state index contributed by atoms with van der Waals surface area (Å²) in [5.41, 5.74) is 3.69.